The fourth-order valence-electron chi connectivity index (χ4n) is 1.48. The van der Waals surface area contributed by atoms with Crippen LogP contribution in [-0.4, -0.2) is 18.6 Å². The molecular formula is C13H28N2. The van der Waals surface area contributed by atoms with Crippen LogP contribution in [0.3, 0.4) is 0 Å². The molecule has 0 aromatic carbocycles. The Balaban J connectivity index is 3.92. The second kappa shape index (κ2) is 8.78. The average molecular weight is 212 g/mol. The van der Waals surface area contributed by atoms with Gasteiger partial charge in [0.05, 0.1) is 0 Å². The van der Waals surface area contributed by atoms with Gasteiger partial charge < -0.3 is 10.6 Å². The zero-order chi connectivity index (χ0) is 11.7. The van der Waals surface area contributed by atoms with Crippen LogP contribution >= 0.6 is 0 Å². The Morgan fingerprint density at radius 3 is 2.40 bits per heavy atom. The summed E-state index contributed by atoms with van der Waals surface area (Å²) in [7, 11) is 0. The molecule has 0 aromatic rings. The van der Waals surface area contributed by atoms with Crippen LogP contribution in [0.5, 0.6) is 0 Å². The first kappa shape index (κ1) is 14.5. The third-order valence-electron chi connectivity index (χ3n) is 2.91. The van der Waals surface area contributed by atoms with Crippen LogP contribution in [0.2, 0.25) is 0 Å². The molecule has 0 heterocycles. The van der Waals surface area contributed by atoms with Crippen molar-refractivity contribution in [2.45, 2.75) is 59.0 Å². The Bertz CT molecular complexity index is 155. The maximum absolute atomic E-state index is 3.69. The number of unbranched alkanes of at least 4 members (excludes halogenated alkanes) is 1. The molecule has 0 spiro atoms. The highest BCUT2D eigenvalue weighted by molar-refractivity contribution is 4.77. The zero-order valence-electron chi connectivity index (χ0n) is 10.8. The van der Waals surface area contributed by atoms with Crippen LogP contribution in [0, 0.1) is 5.92 Å². The predicted molar refractivity (Wildman–Crippen MR) is 68.9 cm³/mol. The van der Waals surface area contributed by atoms with Crippen LogP contribution < -0.4 is 10.6 Å². The van der Waals surface area contributed by atoms with Gasteiger partial charge in [0.2, 0.25) is 0 Å². The third kappa shape index (κ3) is 7.43. The van der Waals surface area contributed by atoms with Gasteiger partial charge in [0.1, 0.15) is 0 Å². The molecule has 0 aliphatic heterocycles. The number of nitrogens with one attached hydrogen (secondary N) is 2. The van der Waals surface area contributed by atoms with E-state index < -0.39 is 0 Å². The highest BCUT2D eigenvalue weighted by Gasteiger charge is 2.13. The summed E-state index contributed by atoms with van der Waals surface area (Å²) in [6, 6.07) is 1.15. The second-order valence-electron chi connectivity index (χ2n) is 4.65. The Hall–Kier alpha value is -0.500. The molecule has 0 saturated carbocycles. The van der Waals surface area contributed by atoms with Crippen molar-refractivity contribution < 1.29 is 0 Å². The van der Waals surface area contributed by atoms with Gasteiger partial charge in [0, 0.05) is 18.6 Å². The maximum Gasteiger partial charge on any atom is 0.0295 e. The second-order valence-corrected chi connectivity index (χ2v) is 4.65. The van der Waals surface area contributed by atoms with Crippen molar-refractivity contribution >= 4 is 0 Å². The lowest BCUT2D eigenvalue weighted by atomic mass is 10.0. The molecule has 0 aliphatic rings. The molecule has 0 aromatic heterocycles. The minimum atomic E-state index is 0.570. The molecule has 2 nitrogen and oxygen atoms in total. The molecule has 2 unspecified atom stereocenters. The molecule has 0 amide bonds. The molecule has 2 atom stereocenters. The van der Waals surface area contributed by atoms with Crippen molar-refractivity contribution in [2.75, 3.05) is 6.54 Å². The quantitative estimate of drug-likeness (QED) is 0.614. The van der Waals surface area contributed by atoms with Gasteiger partial charge in [-0.05, 0) is 25.5 Å². The molecule has 0 fully saturated rings. The van der Waals surface area contributed by atoms with Gasteiger partial charge in [0.15, 0.2) is 0 Å². The number of hydrogen-bond acceptors (Lipinski definition) is 2. The molecule has 2 heteroatoms. The molecule has 2 N–H and O–H groups in total. The Morgan fingerprint density at radius 1 is 1.27 bits per heavy atom. The van der Waals surface area contributed by atoms with E-state index in [0.717, 1.165) is 6.54 Å². The van der Waals surface area contributed by atoms with Gasteiger partial charge in [-0.25, -0.2) is 0 Å². The maximum atomic E-state index is 3.69. The molecule has 0 aliphatic carbocycles. The van der Waals surface area contributed by atoms with Crippen molar-refractivity contribution in [1.29, 1.82) is 0 Å². The Labute approximate surface area is 95.5 Å². The highest BCUT2D eigenvalue weighted by Crippen LogP contribution is 2.05. The van der Waals surface area contributed by atoms with E-state index in [-0.39, 0.29) is 0 Å². The van der Waals surface area contributed by atoms with Crippen molar-refractivity contribution in [3.05, 3.63) is 12.8 Å². The largest absolute Gasteiger partial charge is 0.390 e. The van der Waals surface area contributed by atoms with Gasteiger partial charge in [0.25, 0.3) is 0 Å². The summed E-state index contributed by atoms with van der Waals surface area (Å²) >= 11 is 0. The lowest BCUT2D eigenvalue weighted by Gasteiger charge is -2.25. The summed E-state index contributed by atoms with van der Waals surface area (Å²) in [4.78, 5) is 0. The van der Waals surface area contributed by atoms with E-state index in [9.17, 15) is 0 Å². The molecule has 0 bridgehead atoms. The summed E-state index contributed by atoms with van der Waals surface area (Å²) in [6.45, 7) is 13.7. The van der Waals surface area contributed by atoms with Gasteiger partial charge in [-0.1, -0.05) is 40.2 Å². The van der Waals surface area contributed by atoms with Crippen LogP contribution in [0.1, 0.15) is 47.0 Å². The van der Waals surface area contributed by atoms with Crippen LogP contribution in [-0.2, 0) is 0 Å². The minimum absolute atomic E-state index is 0.570. The van der Waals surface area contributed by atoms with Gasteiger partial charge in [-0.2, -0.15) is 0 Å². The summed E-state index contributed by atoms with van der Waals surface area (Å²) < 4.78 is 0. The molecule has 0 saturated heterocycles. The van der Waals surface area contributed by atoms with E-state index in [4.69, 9.17) is 0 Å². The van der Waals surface area contributed by atoms with Gasteiger partial charge in [-0.15, -0.1) is 0 Å². The van der Waals surface area contributed by atoms with E-state index in [2.05, 4.69) is 44.9 Å². The minimum Gasteiger partial charge on any atom is -0.390 e. The van der Waals surface area contributed by atoms with E-state index >= 15 is 0 Å². The monoisotopic (exact) mass is 212 g/mol. The summed E-state index contributed by atoms with van der Waals surface area (Å²) in [5.74, 6) is 0.692. The molecule has 90 valence electrons. The fraction of sp³-hybridized carbons (Fsp3) is 0.846. The first-order valence-corrected chi connectivity index (χ1v) is 6.22. The summed E-state index contributed by atoms with van der Waals surface area (Å²) in [5.41, 5.74) is 0. The van der Waals surface area contributed by atoms with E-state index in [0.29, 0.717) is 18.0 Å². The van der Waals surface area contributed by atoms with Crippen molar-refractivity contribution in [2.24, 2.45) is 5.92 Å². The third-order valence-corrected chi connectivity index (χ3v) is 2.91. The average Bonchev–Trinajstić information content (AvgIpc) is 2.21. The van der Waals surface area contributed by atoms with Crippen molar-refractivity contribution in [3.8, 4) is 0 Å². The Morgan fingerprint density at radius 2 is 1.93 bits per heavy atom. The Kier molecular flexibility index (Phi) is 8.49. The van der Waals surface area contributed by atoms with Crippen LogP contribution in [0.4, 0.5) is 0 Å². The predicted octanol–water partition coefficient (Wildman–Crippen LogP) is 2.91. The van der Waals surface area contributed by atoms with E-state index in [1.807, 2.05) is 0 Å². The standard InChI is InChI=1S/C13H28N2/c1-6-8-9-13(10-14-7-2)15-12(5)11(3)4/h7,11-15H,2,6,8-10H2,1,3-5H3. The number of rotatable bonds is 9. The fourth-order valence-corrected chi connectivity index (χ4v) is 1.48. The molecule has 15 heavy (non-hydrogen) atoms. The smallest absolute Gasteiger partial charge is 0.0295 e. The highest BCUT2D eigenvalue weighted by atomic mass is 15.0. The van der Waals surface area contributed by atoms with Crippen LogP contribution in [0.25, 0.3) is 0 Å². The first-order valence-electron chi connectivity index (χ1n) is 6.22. The lowest BCUT2D eigenvalue weighted by molar-refractivity contribution is 0.350. The summed E-state index contributed by atoms with van der Waals surface area (Å²) in [5, 5.41) is 6.88. The summed E-state index contributed by atoms with van der Waals surface area (Å²) in [6.07, 6.45) is 5.58. The first-order chi connectivity index (χ1) is 7.11. The van der Waals surface area contributed by atoms with Crippen LogP contribution in [0.15, 0.2) is 12.8 Å². The van der Waals surface area contributed by atoms with Gasteiger partial charge in [-0.3, -0.25) is 0 Å². The zero-order valence-corrected chi connectivity index (χ0v) is 10.8. The lowest BCUT2D eigenvalue weighted by Crippen LogP contribution is -2.44. The van der Waals surface area contributed by atoms with Crippen molar-refractivity contribution in [3.63, 3.8) is 0 Å². The molecule has 0 radical (unpaired) electrons. The van der Waals surface area contributed by atoms with E-state index in [1.54, 1.807) is 6.20 Å². The molecule has 0 rings (SSSR count). The number of hydrogen-bond donors (Lipinski definition) is 2. The SMILES string of the molecule is C=CNCC(CCCC)NC(C)C(C)C. The van der Waals surface area contributed by atoms with Gasteiger partial charge >= 0.3 is 0 Å². The topological polar surface area (TPSA) is 24.1 Å². The van der Waals surface area contributed by atoms with Crippen molar-refractivity contribution in [1.82, 2.24) is 10.6 Å². The van der Waals surface area contributed by atoms with E-state index in [1.165, 1.54) is 19.3 Å². The molecular weight excluding hydrogens is 184 g/mol. The normalized spacial score (nSPS) is 15.0.